The van der Waals surface area contributed by atoms with Gasteiger partial charge in [-0.25, -0.2) is 4.39 Å². The standard InChI is InChI=1S/C37H37FN4O3/c1-24(26-11-16-31(45-2)17-12-26)39-36(43)28-13-18-33-32(22-28)34(37(44)41-33)35(27-9-14-29(38)15-10-27)40-30-8-6-7-25(21-30)23-42-19-4-3-5-20-42/h6-18,21-22,24,40H,3-5,19-20,23H2,1-2H3,(H,39,43)(H,41,44)/t24-/m1/s1. The first-order chi connectivity index (χ1) is 21.9. The Bertz CT molecular complexity index is 1730. The van der Waals surface area contributed by atoms with Gasteiger partial charge in [-0.05, 0) is 116 Å². The second kappa shape index (κ2) is 13.4. The van der Waals surface area contributed by atoms with Gasteiger partial charge in [-0.3, -0.25) is 14.5 Å². The normalized spacial score (nSPS) is 16.4. The second-order valence-electron chi connectivity index (χ2n) is 11.6. The number of carbonyl (C=O) groups excluding carboxylic acids is 2. The number of nitrogens with one attached hydrogen (secondary N) is 3. The summed E-state index contributed by atoms with van der Waals surface area (Å²) in [6.45, 7) is 4.96. The smallest absolute Gasteiger partial charge is 0.258 e. The summed E-state index contributed by atoms with van der Waals surface area (Å²) in [4.78, 5) is 29.4. The first kappa shape index (κ1) is 30.1. The van der Waals surface area contributed by atoms with Crippen LogP contribution in [0.15, 0.2) is 91.0 Å². The molecule has 4 aromatic carbocycles. The molecule has 1 saturated heterocycles. The Morgan fingerprint density at radius 2 is 1.67 bits per heavy atom. The average molecular weight is 605 g/mol. The molecule has 0 bridgehead atoms. The van der Waals surface area contributed by atoms with Crippen molar-refractivity contribution in [3.63, 3.8) is 0 Å². The zero-order valence-corrected chi connectivity index (χ0v) is 25.5. The van der Waals surface area contributed by atoms with E-state index in [2.05, 4.69) is 33.0 Å². The highest BCUT2D eigenvalue weighted by Crippen LogP contribution is 2.38. The summed E-state index contributed by atoms with van der Waals surface area (Å²) >= 11 is 0. The van der Waals surface area contributed by atoms with E-state index < -0.39 is 0 Å². The third-order valence-electron chi connectivity index (χ3n) is 8.42. The van der Waals surface area contributed by atoms with Crippen LogP contribution in [0.5, 0.6) is 5.75 Å². The summed E-state index contributed by atoms with van der Waals surface area (Å²) in [7, 11) is 1.61. The summed E-state index contributed by atoms with van der Waals surface area (Å²) < 4.78 is 19.2. The molecule has 3 N–H and O–H groups in total. The number of fused-ring (bicyclic) bond motifs is 1. The van der Waals surface area contributed by atoms with Crippen LogP contribution in [0.4, 0.5) is 15.8 Å². The van der Waals surface area contributed by atoms with Gasteiger partial charge in [-0.15, -0.1) is 0 Å². The predicted octanol–water partition coefficient (Wildman–Crippen LogP) is 7.24. The maximum absolute atomic E-state index is 14.0. The van der Waals surface area contributed by atoms with E-state index in [1.807, 2.05) is 43.3 Å². The van der Waals surface area contributed by atoms with Crippen LogP contribution in [0, 0.1) is 5.82 Å². The molecule has 2 heterocycles. The Balaban J connectivity index is 1.32. The fraction of sp³-hybridized carbons (Fsp3) is 0.243. The van der Waals surface area contributed by atoms with Gasteiger partial charge in [0.2, 0.25) is 0 Å². The van der Waals surface area contributed by atoms with Crippen LogP contribution in [-0.2, 0) is 11.3 Å². The van der Waals surface area contributed by atoms with E-state index in [-0.39, 0.29) is 23.7 Å². The lowest BCUT2D eigenvalue weighted by Crippen LogP contribution is -2.29. The fourth-order valence-electron chi connectivity index (χ4n) is 5.98. The zero-order valence-electron chi connectivity index (χ0n) is 25.5. The van der Waals surface area contributed by atoms with Crippen molar-refractivity contribution in [3.05, 3.63) is 125 Å². The number of methoxy groups -OCH3 is 1. The van der Waals surface area contributed by atoms with E-state index in [0.717, 1.165) is 36.6 Å². The van der Waals surface area contributed by atoms with Crippen molar-refractivity contribution in [2.24, 2.45) is 0 Å². The van der Waals surface area contributed by atoms with Crippen molar-refractivity contribution in [2.75, 3.05) is 30.8 Å². The van der Waals surface area contributed by atoms with Crippen molar-refractivity contribution in [2.45, 2.75) is 38.8 Å². The van der Waals surface area contributed by atoms with Crippen LogP contribution in [-0.4, -0.2) is 36.9 Å². The molecule has 0 aliphatic carbocycles. The maximum Gasteiger partial charge on any atom is 0.258 e. The number of ether oxygens (including phenoxy) is 1. The summed E-state index contributed by atoms with van der Waals surface area (Å²) in [6, 6.07) is 26.7. The molecule has 8 heteroatoms. The van der Waals surface area contributed by atoms with Crippen LogP contribution >= 0.6 is 0 Å². The monoisotopic (exact) mass is 604 g/mol. The minimum absolute atomic E-state index is 0.250. The van der Waals surface area contributed by atoms with Crippen molar-refractivity contribution in [1.29, 1.82) is 0 Å². The average Bonchev–Trinajstić information content (AvgIpc) is 3.39. The third kappa shape index (κ3) is 6.91. The van der Waals surface area contributed by atoms with Gasteiger partial charge in [-0.1, -0.05) is 30.7 Å². The van der Waals surface area contributed by atoms with E-state index in [1.165, 1.54) is 37.0 Å². The summed E-state index contributed by atoms with van der Waals surface area (Å²) in [5.41, 5.74) is 6.13. The highest BCUT2D eigenvalue weighted by molar-refractivity contribution is 6.37. The van der Waals surface area contributed by atoms with Crippen LogP contribution in [0.3, 0.4) is 0 Å². The molecule has 0 spiro atoms. The number of hydrogen-bond acceptors (Lipinski definition) is 5. The molecule has 6 rings (SSSR count). The molecule has 2 amide bonds. The molecule has 0 unspecified atom stereocenters. The van der Waals surface area contributed by atoms with Gasteiger partial charge in [0, 0.05) is 29.0 Å². The number of benzene rings is 4. The maximum atomic E-state index is 14.0. The number of likely N-dealkylation sites (tertiary alicyclic amines) is 1. The van der Waals surface area contributed by atoms with Crippen LogP contribution < -0.4 is 20.7 Å². The lowest BCUT2D eigenvalue weighted by Gasteiger charge is -2.26. The topological polar surface area (TPSA) is 82.7 Å². The summed E-state index contributed by atoms with van der Waals surface area (Å²) in [5, 5.41) is 9.48. The highest BCUT2D eigenvalue weighted by Gasteiger charge is 2.30. The van der Waals surface area contributed by atoms with Gasteiger partial charge in [0.05, 0.1) is 24.4 Å². The van der Waals surface area contributed by atoms with Gasteiger partial charge in [0.25, 0.3) is 11.8 Å². The number of amides is 2. The molecule has 2 aliphatic heterocycles. The number of carbonyl (C=O) groups is 2. The Labute approximate surface area is 263 Å². The first-order valence-electron chi connectivity index (χ1n) is 15.4. The molecular weight excluding hydrogens is 567 g/mol. The second-order valence-corrected chi connectivity index (χ2v) is 11.6. The molecule has 0 saturated carbocycles. The number of nitrogens with zero attached hydrogens (tertiary/aromatic N) is 1. The largest absolute Gasteiger partial charge is 0.497 e. The molecule has 4 aromatic rings. The van der Waals surface area contributed by atoms with Gasteiger partial charge in [0.15, 0.2) is 0 Å². The highest BCUT2D eigenvalue weighted by atomic mass is 19.1. The van der Waals surface area contributed by atoms with Crippen LogP contribution in [0.1, 0.15) is 64.8 Å². The molecule has 230 valence electrons. The number of piperidine rings is 1. The lowest BCUT2D eigenvalue weighted by atomic mass is 9.98. The molecule has 1 fully saturated rings. The predicted molar refractivity (Wildman–Crippen MR) is 176 cm³/mol. The van der Waals surface area contributed by atoms with Crippen LogP contribution in [0.2, 0.25) is 0 Å². The minimum Gasteiger partial charge on any atom is -0.497 e. The molecule has 0 aromatic heterocycles. The summed E-state index contributed by atoms with van der Waals surface area (Å²) in [6.07, 6.45) is 3.71. The van der Waals surface area contributed by atoms with E-state index in [9.17, 15) is 14.0 Å². The Morgan fingerprint density at radius 3 is 2.40 bits per heavy atom. The first-order valence-corrected chi connectivity index (χ1v) is 15.4. The Hall–Kier alpha value is -4.95. The third-order valence-corrected chi connectivity index (χ3v) is 8.42. The summed E-state index contributed by atoms with van der Waals surface area (Å²) in [5.74, 6) is -0.188. The van der Waals surface area contributed by atoms with E-state index >= 15 is 0 Å². The lowest BCUT2D eigenvalue weighted by molar-refractivity contribution is -0.110. The fourth-order valence-corrected chi connectivity index (χ4v) is 5.98. The Kier molecular flexibility index (Phi) is 8.93. The van der Waals surface area contributed by atoms with Gasteiger partial charge < -0.3 is 20.7 Å². The van der Waals surface area contributed by atoms with Crippen molar-refractivity contribution < 1.29 is 18.7 Å². The zero-order chi connectivity index (χ0) is 31.3. The van der Waals surface area contributed by atoms with E-state index in [4.69, 9.17) is 4.74 Å². The number of hydrogen-bond donors (Lipinski definition) is 3. The molecule has 2 aliphatic rings. The molecule has 7 nitrogen and oxygen atoms in total. The Morgan fingerprint density at radius 1 is 0.933 bits per heavy atom. The van der Waals surface area contributed by atoms with Crippen molar-refractivity contribution in [1.82, 2.24) is 10.2 Å². The van der Waals surface area contributed by atoms with E-state index in [0.29, 0.717) is 33.6 Å². The van der Waals surface area contributed by atoms with E-state index in [1.54, 1.807) is 37.4 Å². The number of anilines is 2. The van der Waals surface area contributed by atoms with Crippen molar-refractivity contribution >= 4 is 34.5 Å². The van der Waals surface area contributed by atoms with Crippen LogP contribution in [0.25, 0.3) is 11.3 Å². The van der Waals surface area contributed by atoms with Gasteiger partial charge >= 0.3 is 0 Å². The van der Waals surface area contributed by atoms with Gasteiger partial charge in [-0.2, -0.15) is 0 Å². The minimum atomic E-state index is -0.368. The molecule has 1 atom stereocenters. The van der Waals surface area contributed by atoms with Gasteiger partial charge in [0.1, 0.15) is 11.6 Å². The van der Waals surface area contributed by atoms with Crippen molar-refractivity contribution in [3.8, 4) is 5.75 Å². The number of rotatable bonds is 9. The number of halogens is 1. The molecule has 45 heavy (non-hydrogen) atoms. The molecular formula is C37H37FN4O3. The molecule has 0 radical (unpaired) electrons. The SMILES string of the molecule is COc1ccc([C@@H](C)NC(=O)c2ccc3c(c2)C(=C(Nc2cccc(CN4CCCCC4)c2)c2ccc(F)cc2)C(=O)N3)cc1. The quantitative estimate of drug-likeness (QED) is 0.176.